The van der Waals surface area contributed by atoms with E-state index < -0.39 is 5.97 Å². The molecule has 0 fully saturated rings. The predicted molar refractivity (Wildman–Crippen MR) is 50.1 cm³/mol. The highest BCUT2D eigenvalue weighted by Crippen LogP contribution is 2.08. The Morgan fingerprint density at radius 1 is 1.38 bits per heavy atom. The van der Waals surface area contributed by atoms with Gasteiger partial charge in [-0.05, 0) is 19.1 Å². The van der Waals surface area contributed by atoms with Crippen molar-refractivity contribution in [1.29, 1.82) is 5.41 Å². The summed E-state index contributed by atoms with van der Waals surface area (Å²) in [5.74, 6) is 0.132. The molecule has 0 amide bonds. The molecule has 1 aromatic carbocycles. The molecule has 1 N–H and O–H groups in total. The Hall–Kier alpha value is -1.64. The molecule has 0 aliphatic heterocycles. The molecule has 0 radical (unpaired) electrons. The molecule has 68 valence electrons. The van der Waals surface area contributed by atoms with Gasteiger partial charge in [-0.15, -0.1) is 0 Å². The molecule has 0 aliphatic carbocycles. The van der Waals surface area contributed by atoms with Gasteiger partial charge in [0.1, 0.15) is 5.75 Å². The van der Waals surface area contributed by atoms with Crippen LogP contribution < -0.4 is 4.74 Å². The molecule has 0 atom stereocenters. The normalized spacial score (nSPS) is 9.31. The van der Waals surface area contributed by atoms with Gasteiger partial charge in [-0.3, -0.25) is 4.79 Å². The van der Waals surface area contributed by atoms with E-state index in [1.807, 2.05) is 6.07 Å². The van der Waals surface area contributed by atoms with E-state index in [1.165, 1.54) is 0 Å². The average molecular weight is 177 g/mol. The summed E-state index contributed by atoms with van der Waals surface area (Å²) < 4.78 is 4.95. The predicted octanol–water partition coefficient (Wildman–Crippen LogP) is 2.02. The van der Waals surface area contributed by atoms with Gasteiger partial charge >= 0.3 is 5.97 Å². The van der Waals surface area contributed by atoms with Crippen molar-refractivity contribution in [3.63, 3.8) is 0 Å². The number of benzene rings is 1. The van der Waals surface area contributed by atoms with Crippen molar-refractivity contribution in [1.82, 2.24) is 0 Å². The zero-order valence-electron chi connectivity index (χ0n) is 7.41. The molecule has 3 heteroatoms. The maximum absolute atomic E-state index is 11.1. The Morgan fingerprint density at radius 2 is 2.00 bits per heavy atom. The zero-order valence-corrected chi connectivity index (χ0v) is 7.41. The van der Waals surface area contributed by atoms with Crippen LogP contribution in [0.3, 0.4) is 0 Å². The lowest BCUT2D eigenvalue weighted by atomic mass is 10.3. The fourth-order valence-electron chi connectivity index (χ4n) is 0.873. The van der Waals surface area contributed by atoms with Crippen molar-refractivity contribution in [3.8, 4) is 5.75 Å². The van der Waals surface area contributed by atoms with Crippen molar-refractivity contribution in [2.24, 2.45) is 0 Å². The Labute approximate surface area is 76.9 Å². The maximum Gasteiger partial charge on any atom is 0.316 e. The number of carbonyl (C=O) groups excluding carboxylic acids is 1. The van der Waals surface area contributed by atoms with Gasteiger partial charge in [-0.1, -0.05) is 18.2 Å². The number of carbonyl (C=O) groups is 1. The summed E-state index contributed by atoms with van der Waals surface area (Å²) in [4.78, 5) is 11.1. The van der Waals surface area contributed by atoms with Gasteiger partial charge in [0.25, 0.3) is 0 Å². The second kappa shape index (κ2) is 4.40. The lowest BCUT2D eigenvalue weighted by Gasteiger charge is -2.01. The fourth-order valence-corrected chi connectivity index (χ4v) is 0.873. The van der Waals surface area contributed by atoms with Gasteiger partial charge in [0, 0.05) is 5.71 Å². The summed E-state index contributed by atoms with van der Waals surface area (Å²) in [7, 11) is 0. The van der Waals surface area contributed by atoms with Crippen LogP contribution in [-0.2, 0) is 4.79 Å². The Morgan fingerprint density at radius 3 is 2.54 bits per heavy atom. The number of hydrogen-bond acceptors (Lipinski definition) is 3. The molecule has 13 heavy (non-hydrogen) atoms. The Kier molecular flexibility index (Phi) is 3.20. The third-order valence-electron chi connectivity index (χ3n) is 1.38. The van der Waals surface area contributed by atoms with Crippen molar-refractivity contribution < 1.29 is 9.53 Å². The number of para-hydroxylation sites is 1. The first kappa shape index (κ1) is 9.45. The molecular formula is C10H11NO2. The molecule has 0 heterocycles. The van der Waals surface area contributed by atoms with Crippen LogP contribution in [0.25, 0.3) is 0 Å². The SMILES string of the molecule is CC(=N)CC(=O)Oc1ccccc1. The monoisotopic (exact) mass is 177 g/mol. The van der Waals surface area contributed by atoms with E-state index in [9.17, 15) is 4.79 Å². The zero-order chi connectivity index (χ0) is 9.68. The molecule has 0 unspecified atom stereocenters. The van der Waals surface area contributed by atoms with Crippen molar-refractivity contribution in [2.45, 2.75) is 13.3 Å². The van der Waals surface area contributed by atoms with Crippen molar-refractivity contribution in [3.05, 3.63) is 30.3 Å². The first-order valence-corrected chi connectivity index (χ1v) is 3.98. The number of esters is 1. The number of ether oxygens (including phenoxy) is 1. The standard InChI is InChI=1S/C10H11NO2/c1-8(11)7-10(12)13-9-5-3-2-4-6-9/h2-6,11H,7H2,1H3. The molecule has 0 bridgehead atoms. The average Bonchev–Trinajstić information content (AvgIpc) is 2.04. The minimum absolute atomic E-state index is 0.0505. The van der Waals surface area contributed by atoms with Crippen molar-refractivity contribution in [2.75, 3.05) is 0 Å². The smallest absolute Gasteiger partial charge is 0.316 e. The number of rotatable bonds is 3. The van der Waals surface area contributed by atoms with Gasteiger partial charge < -0.3 is 10.1 Å². The van der Waals surface area contributed by atoms with Crippen LogP contribution in [0.5, 0.6) is 5.75 Å². The summed E-state index contributed by atoms with van der Waals surface area (Å²) in [5, 5.41) is 7.09. The Balaban J connectivity index is 2.50. The van der Waals surface area contributed by atoms with Gasteiger partial charge in [0.2, 0.25) is 0 Å². The van der Waals surface area contributed by atoms with Gasteiger partial charge in [0.05, 0.1) is 6.42 Å². The van der Waals surface area contributed by atoms with Crippen LogP contribution >= 0.6 is 0 Å². The molecule has 0 saturated carbocycles. The second-order valence-corrected chi connectivity index (χ2v) is 2.74. The number of hydrogen-bond donors (Lipinski definition) is 1. The number of nitrogens with one attached hydrogen (secondary N) is 1. The molecule has 1 rings (SSSR count). The summed E-state index contributed by atoms with van der Waals surface area (Å²) in [6.45, 7) is 1.58. The first-order chi connectivity index (χ1) is 6.18. The molecule has 1 aromatic rings. The maximum atomic E-state index is 11.1. The van der Waals surface area contributed by atoms with E-state index in [0.29, 0.717) is 11.5 Å². The van der Waals surface area contributed by atoms with E-state index in [2.05, 4.69) is 0 Å². The quantitative estimate of drug-likeness (QED) is 0.436. The highest BCUT2D eigenvalue weighted by molar-refractivity contribution is 5.96. The van der Waals surface area contributed by atoms with E-state index in [-0.39, 0.29) is 6.42 Å². The van der Waals surface area contributed by atoms with E-state index in [4.69, 9.17) is 10.1 Å². The van der Waals surface area contributed by atoms with Crippen LogP contribution in [0.2, 0.25) is 0 Å². The Bertz CT molecular complexity index is 306. The summed E-state index contributed by atoms with van der Waals surface area (Å²) in [6.07, 6.45) is 0.0505. The van der Waals surface area contributed by atoms with E-state index in [1.54, 1.807) is 31.2 Å². The van der Waals surface area contributed by atoms with Gasteiger partial charge in [-0.25, -0.2) is 0 Å². The summed E-state index contributed by atoms with van der Waals surface area (Å²) in [6, 6.07) is 8.84. The molecule has 0 spiro atoms. The lowest BCUT2D eigenvalue weighted by Crippen LogP contribution is -2.11. The van der Waals surface area contributed by atoms with Crippen molar-refractivity contribution >= 4 is 11.7 Å². The molecular weight excluding hydrogens is 166 g/mol. The minimum Gasteiger partial charge on any atom is -0.426 e. The van der Waals surface area contributed by atoms with E-state index >= 15 is 0 Å². The van der Waals surface area contributed by atoms with Crippen LogP contribution in [-0.4, -0.2) is 11.7 Å². The third-order valence-corrected chi connectivity index (χ3v) is 1.38. The molecule has 0 aliphatic rings. The van der Waals surface area contributed by atoms with Gasteiger partial charge in [-0.2, -0.15) is 0 Å². The highest BCUT2D eigenvalue weighted by Gasteiger charge is 2.04. The second-order valence-electron chi connectivity index (χ2n) is 2.74. The lowest BCUT2D eigenvalue weighted by molar-refractivity contribution is -0.133. The summed E-state index contributed by atoms with van der Waals surface area (Å²) in [5.41, 5.74) is 0.306. The first-order valence-electron chi connectivity index (χ1n) is 3.98. The van der Waals surface area contributed by atoms with Gasteiger partial charge in [0.15, 0.2) is 0 Å². The topological polar surface area (TPSA) is 50.2 Å². The fraction of sp³-hybridized carbons (Fsp3) is 0.200. The van der Waals surface area contributed by atoms with Crippen LogP contribution in [0, 0.1) is 5.41 Å². The largest absolute Gasteiger partial charge is 0.426 e. The highest BCUT2D eigenvalue weighted by atomic mass is 16.5. The summed E-state index contributed by atoms with van der Waals surface area (Å²) >= 11 is 0. The van der Waals surface area contributed by atoms with Crippen LogP contribution in [0.4, 0.5) is 0 Å². The molecule has 0 saturated heterocycles. The molecule has 0 aromatic heterocycles. The minimum atomic E-state index is -0.390. The third kappa shape index (κ3) is 3.51. The molecule has 3 nitrogen and oxygen atoms in total. The van der Waals surface area contributed by atoms with E-state index in [0.717, 1.165) is 0 Å². The van der Waals surface area contributed by atoms with Crippen LogP contribution in [0.15, 0.2) is 30.3 Å². The van der Waals surface area contributed by atoms with Crippen LogP contribution in [0.1, 0.15) is 13.3 Å².